The lowest BCUT2D eigenvalue weighted by atomic mass is 10.1. The van der Waals surface area contributed by atoms with Crippen LogP contribution in [0.1, 0.15) is 46.3 Å². The molecule has 174 valence electrons. The summed E-state index contributed by atoms with van der Waals surface area (Å²) in [4.78, 5) is 39.2. The number of hydrogen-bond donors (Lipinski definition) is 3. The van der Waals surface area contributed by atoms with Crippen LogP contribution >= 0.6 is 0 Å². The molecule has 0 saturated carbocycles. The number of hydrogen-bond acceptors (Lipinski definition) is 9. The second-order valence-corrected chi connectivity index (χ2v) is 7.46. The zero-order chi connectivity index (χ0) is 23.2. The topological polar surface area (TPSA) is 149 Å². The van der Waals surface area contributed by atoms with Gasteiger partial charge in [-0.15, -0.1) is 0 Å². The summed E-state index contributed by atoms with van der Waals surface area (Å²) in [5.74, 6) is -4.30. The zero-order valence-electron chi connectivity index (χ0n) is 17.6. The van der Waals surface area contributed by atoms with Gasteiger partial charge in [-0.25, -0.2) is 14.0 Å². The highest BCUT2D eigenvalue weighted by Crippen LogP contribution is 2.38. The van der Waals surface area contributed by atoms with Crippen molar-refractivity contribution in [3.63, 3.8) is 0 Å². The lowest BCUT2D eigenvalue weighted by Gasteiger charge is -2.23. The highest BCUT2D eigenvalue weighted by atomic mass is 19.2. The van der Waals surface area contributed by atoms with Gasteiger partial charge in [0.2, 0.25) is 0 Å². The summed E-state index contributed by atoms with van der Waals surface area (Å²) in [6.07, 6.45) is -2.66. The predicted octanol–water partition coefficient (Wildman–Crippen LogP) is 1.10. The molecule has 0 spiro atoms. The highest BCUT2D eigenvalue weighted by molar-refractivity contribution is 5.83. The SMILES string of the molecule is CCCCCOC(=O)Nc1ccn([C@@H]2O[C@](F)(COC(=O)C(C)C)[C@@H](O)[C@H]2O)c(=O)n1. The van der Waals surface area contributed by atoms with Gasteiger partial charge in [-0.1, -0.05) is 33.6 Å². The third-order valence-electron chi connectivity index (χ3n) is 4.57. The van der Waals surface area contributed by atoms with Crippen molar-refractivity contribution in [3.8, 4) is 0 Å². The summed E-state index contributed by atoms with van der Waals surface area (Å²) in [5, 5.41) is 22.5. The van der Waals surface area contributed by atoms with Gasteiger partial charge in [0.1, 0.15) is 18.0 Å². The fourth-order valence-electron chi connectivity index (χ4n) is 2.76. The summed E-state index contributed by atoms with van der Waals surface area (Å²) in [6, 6.07) is 1.22. The van der Waals surface area contributed by atoms with Gasteiger partial charge in [-0.2, -0.15) is 4.98 Å². The maximum absolute atomic E-state index is 15.0. The molecule has 2 rings (SSSR count). The van der Waals surface area contributed by atoms with Gasteiger partial charge in [-0.3, -0.25) is 14.7 Å². The average molecular weight is 445 g/mol. The Morgan fingerprint density at radius 3 is 2.68 bits per heavy atom. The van der Waals surface area contributed by atoms with Crippen molar-refractivity contribution in [2.45, 2.75) is 64.3 Å². The van der Waals surface area contributed by atoms with Crippen LogP contribution in [0.5, 0.6) is 0 Å². The number of aliphatic hydroxyl groups is 2. The van der Waals surface area contributed by atoms with Crippen molar-refractivity contribution in [2.24, 2.45) is 5.92 Å². The first kappa shape index (κ1) is 24.7. The number of aliphatic hydroxyl groups excluding tert-OH is 2. The minimum Gasteiger partial charge on any atom is -0.459 e. The maximum Gasteiger partial charge on any atom is 0.412 e. The normalized spacial score (nSPS) is 25.5. The van der Waals surface area contributed by atoms with Crippen molar-refractivity contribution in [2.75, 3.05) is 18.5 Å². The van der Waals surface area contributed by atoms with E-state index in [2.05, 4.69) is 10.3 Å². The van der Waals surface area contributed by atoms with Crippen molar-refractivity contribution in [3.05, 3.63) is 22.7 Å². The van der Waals surface area contributed by atoms with E-state index >= 15 is 0 Å². The predicted molar refractivity (Wildman–Crippen MR) is 105 cm³/mol. The minimum atomic E-state index is -2.92. The molecule has 4 atom stereocenters. The molecule has 2 heterocycles. The Labute approximate surface area is 178 Å². The van der Waals surface area contributed by atoms with Crippen LogP contribution in [0.2, 0.25) is 0 Å². The van der Waals surface area contributed by atoms with Crippen molar-refractivity contribution >= 4 is 17.9 Å². The molecule has 0 unspecified atom stereocenters. The molecule has 1 aliphatic heterocycles. The molecule has 3 N–H and O–H groups in total. The van der Waals surface area contributed by atoms with Gasteiger partial charge in [0.05, 0.1) is 12.5 Å². The van der Waals surface area contributed by atoms with Crippen LogP contribution in [-0.4, -0.2) is 63.1 Å². The number of ether oxygens (including phenoxy) is 3. The number of carbonyl (C=O) groups is 2. The number of unbranched alkanes of at least 4 members (excludes halogenated alkanes) is 2. The van der Waals surface area contributed by atoms with E-state index in [1.165, 1.54) is 6.07 Å². The number of anilines is 1. The zero-order valence-corrected chi connectivity index (χ0v) is 17.6. The number of aromatic nitrogens is 2. The van der Waals surface area contributed by atoms with E-state index in [-0.39, 0.29) is 12.4 Å². The standard InChI is InChI=1S/C19H28FN3O8/c1-4-5-6-9-29-18(28)22-12-7-8-23(17(27)21-12)15-13(24)14(25)19(20,31-15)10-30-16(26)11(2)3/h7-8,11,13-15,24-25H,4-6,9-10H2,1-3H3,(H,21,22,27,28)/t13-,14+,15-,19-/m1/s1. The Morgan fingerprint density at radius 1 is 1.35 bits per heavy atom. The highest BCUT2D eigenvalue weighted by Gasteiger charge is 2.57. The Morgan fingerprint density at radius 2 is 2.06 bits per heavy atom. The van der Waals surface area contributed by atoms with E-state index in [1.807, 2.05) is 6.92 Å². The van der Waals surface area contributed by atoms with Crippen molar-refractivity contribution in [1.29, 1.82) is 0 Å². The van der Waals surface area contributed by atoms with Crippen LogP contribution in [0.3, 0.4) is 0 Å². The second kappa shape index (κ2) is 10.6. The van der Waals surface area contributed by atoms with Crippen LogP contribution in [0.25, 0.3) is 0 Å². The number of alkyl halides is 1. The third-order valence-corrected chi connectivity index (χ3v) is 4.57. The number of carbonyl (C=O) groups excluding carboxylic acids is 2. The summed E-state index contributed by atoms with van der Waals surface area (Å²) in [6.45, 7) is 4.34. The monoisotopic (exact) mass is 445 g/mol. The van der Waals surface area contributed by atoms with Crippen LogP contribution in [0.15, 0.2) is 17.1 Å². The van der Waals surface area contributed by atoms with Crippen LogP contribution in [0.4, 0.5) is 15.0 Å². The number of esters is 1. The molecule has 1 aromatic rings. The molecule has 12 heteroatoms. The van der Waals surface area contributed by atoms with Crippen LogP contribution in [0, 0.1) is 5.92 Å². The number of amides is 1. The fourth-order valence-corrected chi connectivity index (χ4v) is 2.76. The molecule has 31 heavy (non-hydrogen) atoms. The minimum absolute atomic E-state index is 0.118. The molecule has 0 bridgehead atoms. The molecular formula is C19H28FN3O8. The third kappa shape index (κ3) is 6.21. The lowest BCUT2D eigenvalue weighted by molar-refractivity contribution is -0.218. The largest absolute Gasteiger partial charge is 0.459 e. The average Bonchev–Trinajstić information content (AvgIpc) is 2.94. The first-order valence-electron chi connectivity index (χ1n) is 10.0. The van der Waals surface area contributed by atoms with Gasteiger partial charge in [-0.05, 0) is 12.5 Å². The first-order chi connectivity index (χ1) is 14.6. The number of halogens is 1. The van der Waals surface area contributed by atoms with E-state index < -0.39 is 54.6 Å². The van der Waals surface area contributed by atoms with Gasteiger partial charge >= 0.3 is 17.8 Å². The molecule has 1 saturated heterocycles. The maximum atomic E-state index is 15.0. The lowest BCUT2D eigenvalue weighted by Crippen LogP contribution is -2.44. The summed E-state index contributed by atoms with van der Waals surface area (Å²) < 4.78 is 30.4. The summed E-state index contributed by atoms with van der Waals surface area (Å²) in [5.41, 5.74) is -0.983. The van der Waals surface area contributed by atoms with Gasteiger partial charge in [0.25, 0.3) is 5.85 Å². The quantitative estimate of drug-likeness (QED) is 0.375. The molecule has 1 fully saturated rings. The number of nitrogens with one attached hydrogen (secondary N) is 1. The molecule has 11 nitrogen and oxygen atoms in total. The number of nitrogens with zero attached hydrogens (tertiary/aromatic N) is 2. The molecule has 0 aliphatic carbocycles. The number of rotatable bonds is 9. The van der Waals surface area contributed by atoms with E-state index in [0.29, 0.717) is 6.42 Å². The summed E-state index contributed by atoms with van der Waals surface area (Å²) in [7, 11) is 0. The van der Waals surface area contributed by atoms with Crippen molar-refractivity contribution < 1.29 is 38.4 Å². The smallest absolute Gasteiger partial charge is 0.412 e. The van der Waals surface area contributed by atoms with E-state index in [4.69, 9.17) is 14.2 Å². The Kier molecular flexibility index (Phi) is 8.48. The van der Waals surface area contributed by atoms with E-state index in [0.717, 1.165) is 23.6 Å². The van der Waals surface area contributed by atoms with Gasteiger partial charge in [0, 0.05) is 6.20 Å². The second-order valence-electron chi connectivity index (χ2n) is 7.46. The summed E-state index contributed by atoms with van der Waals surface area (Å²) >= 11 is 0. The fraction of sp³-hybridized carbons (Fsp3) is 0.684. The van der Waals surface area contributed by atoms with Crippen LogP contribution in [-0.2, 0) is 19.0 Å². The Bertz CT molecular complexity index is 833. The van der Waals surface area contributed by atoms with Gasteiger partial charge < -0.3 is 24.4 Å². The van der Waals surface area contributed by atoms with E-state index in [9.17, 15) is 29.0 Å². The van der Waals surface area contributed by atoms with E-state index in [1.54, 1.807) is 13.8 Å². The molecule has 0 aromatic carbocycles. The Balaban J connectivity index is 2.05. The van der Waals surface area contributed by atoms with Gasteiger partial charge in [0.15, 0.2) is 12.8 Å². The van der Waals surface area contributed by atoms with Crippen molar-refractivity contribution in [1.82, 2.24) is 9.55 Å². The molecule has 1 amide bonds. The molecule has 1 aromatic heterocycles. The first-order valence-corrected chi connectivity index (χ1v) is 10.0. The Hall–Kier alpha value is -2.57. The molecule has 0 radical (unpaired) electrons. The molecular weight excluding hydrogens is 417 g/mol. The molecule has 1 aliphatic rings. The van der Waals surface area contributed by atoms with Crippen LogP contribution < -0.4 is 11.0 Å².